The number of rotatable bonds is 12. The molecule has 0 radical (unpaired) electrons. The van der Waals surface area contributed by atoms with Gasteiger partial charge in [-0.2, -0.15) is 8.78 Å². The van der Waals surface area contributed by atoms with E-state index in [4.69, 9.17) is 19.6 Å². The molecule has 1 amide bonds. The average molecular weight is 566 g/mol. The van der Waals surface area contributed by atoms with Crippen LogP contribution in [0.4, 0.5) is 17.6 Å². The lowest BCUT2D eigenvalue weighted by Gasteiger charge is -2.19. The monoisotopic (exact) mass is 565 g/mol. The highest BCUT2D eigenvalue weighted by molar-refractivity contribution is 5.94. The molecule has 214 valence electrons. The lowest BCUT2D eigenvalue weighted by atomic mass is 10.1. The Morgan fingerprint density at radius 1 is 1.15 bits per heavy atom. The van der Waals surface area contributed by atoms with Crippen LogP contribution >= 0.6 is 0 Å². The van der Waals surface area contributed by atoms with E-state index in [0.29, 0.717) is 18.6 Å². The number of benzene rings is 2. The highest BCUT2D eigenvalue weighted by Gasteiger charge is 2.28. The number of nitrogens with two attached hydrogens (primary N) is 1. The van der Waals surface area contributed by atoms with E-state index in [-0.39, 0.29) is 40.0 Å². The van der Waals surface area contributed by atoms with E-state index in [1.807, 2.05) is 0 Å². The molecular weight excluding hydrogens is 538 g/mol. The third-order valence-electron chi connectivity index (χ3n) is 5.96. The van der Waals surface area contributed by atoms with Crippen molar-refractivity contribution in [3.05, 3.63) is 65.1 Å². The molecular formula is C27H27F4N3O6. The molecule has 1 aliphatic carbocycles. The number of aromatic nitrogens is 1. The highest BCUT2D eigenvalue weighted by Crippen LogP contribution is 2.37. The summed E-state index contributed by atoms with van der Waals surface area (Å²) >= 11 is 0. The van der Waals surface area contributed by atoms with E-state index in [1.54, 1.807) is 6.92 Å². The Balaban J connectivity index is 1.64. The molecule has 0 saturated heterocycles. The summed E-state index contributed by atoms with van der Waals surface area (Å²) in [5.41, 5.74) is 5.92. The van der Waals surface area contributed by atoms with Crippen molar-refractivity contribution in [1.29, 1.82) is 0 Å². The number of alkyl halides is 2. The molecule has 2 aromatic carbocycles. The zero-order chi connectivity index (χ0) is 29.0. The van der Waals surface area contributed by atoms with Crippen molar-refractivity contribution < 1.29 is 45.8 Å². The standard InChI is InChI=1S/C27H27F4N3O6/c1-13(32)24-23(25(36)33-20(12-37-14(2)35)18-7-6-17(28)10-19(18)29)34-26(40-24)16-5-8-21(39-27(30)31)22(9-16)38-11-15-3-4-15/h5-10,13,15,20,27H,3-4,11-12,32H2,1-2H3,(H,33,36)/t13-,20-/m0/s1. The Morgan fingerprint density at radius 2 is 1.90 bits per heavy atom. The summed E-state index contributed by atoms with van der Waals surface area (Å²) in [6.07, 6.45) is 1.95. The van der Waals surface area contributed by atoms with Crippen LogP contribution in [0.25, 0.3) is 11.5 Å². The minimum atomic E-state index is -3.07. The topological polar surface area (TPSA) is 126 Å². The van der Waals surface area contributed by atoms with Gasteiger partial charge in [0.15, 0.2) is 23.0 Å². The second-order valence-corrected chi connectivity index (χ2v) is 9.31. The van der Waals surface area contributed by atoms with Crippen molar-refractivity contribution in [1.82, 2.24) is 10.3 Å². The van der Waals surface area contributed by atoms with Gasteiger partial charge in [0.2, 0.25) is 5.89 Å². The number of nitrogens with one attached hydrogen (secondary N) is 1. The fourth-order valence-corrected chi connectivity index (χ4v) is 3.79. The second kappa shape index (κ2) is 12.4. The summed E-state index contributed by atoms with van der Waals surface area (Å²) in [5, 5.41) is 2.52. The molecule has 1 fully saturated rings. The van der Waals surface area contributed by atoms with Crippen LogP contribution < -0.4 is 20.5 Å². The van der Waals surface area contributed by atoms with Gasteiger partial charge in [0.05, 0.1) is 18.7 Å². The molecule has 1 aliphatic rings. The third-order valence-corrected chi connectivity index (χ3v) is 5.96. The van der Waals surface area contributed by atoms with Gasteiger partial charge in [0.1, 0.15) is 18.2 Å². The van der Waals surface area contributed by atoms with Crippen LogP contribution in [-0.4, -0.2) is 36.7 Å². The van der Waals surface area contributed by atoms with Gasteiger partial charge in [-0.15, -0.1) is 0 Å². The molecule has 1 heterocycles. The van der Waals surface area contributed by atoms with Crippen LogP contribution in [0.15, 0.2) is 40.8 Å². The molecule has 1 aromatic heterocycles. The Labute approximate surface area is 226 Å². The van der Waals surface area contributed by atoms with Gasteiger partial charge < -0.3 is 29.7 Å². The normalized spacial score (nSPS) is 14.5. The second-order valence-electron chi connectivity index (χ2n) is 9.31. The van der Waals surface area contributed by atoms with E-state index >= 15 is 0 Å². The van der Waals surface area contributed by atoms with Crippen molar-refractivity contribution in [2.45, 2.75) is 45.4 Å². The molecule has 13 heteroatoms. The minimum Gasteiger partial charge on any atom is -0.489 e. The number of hydrogen-bond donors (Lipinski definition) is 2. The van der Waals surface area contributed by atoms with Crippen molar-refractivity contribution in [2.75, 3.05) is 13.2 Å². The molecule has 4 rings (SSSR count). The van der Waals surface area contributed by atoms with E-state index in [2.05, 4.69) is 15.0 Å². The highest BCUT2D eigenvalue weighted by atomic mass is 19.3. The molecule has 9 nitrogen and oxygen atoms in total. The van der Waals surface area contributed by atoms with Crippen LogP contribution in [-0.2, 0) is 9.53 Å². The number of carbonyl (C=O) groups is 2. The van der Waals surface area contributed by atoms with Crippen molar-refractivity contribution in [3.63, 3.8) is 0 Å². The first-order chi connectivity index (χ1) is 19.0. The van der Waals surface area contributed by atoms with E-state index in [9.17, 15) is 27.2 Å². The minimum absolute atomic E-state index is 0.0216. The molecule has 1 saturated carbocycles. The van der Waals surface area contributed by atoms with Crippen LogP contribution in [0.1, 0.15) is 60.6 Å². The van der Waals surface area contributed by atoms with Crippen molar-refractivity contribution in [3.8, 4) is 23.0 Å². The largest absolute Gasteiger partial charge is 0.489 e. The summed E-state index contributed by atoms with van der Waals surface area (Å²) in [6, 6.07) is 4.80. The Hall–Kier alpha value is -4.13. The zero-order valence-electron chi connectivity index (χ0n) is 21.6. The van der Waals surface area contributed by atoms with Gasteiger partial charge >= 0.3 is 12.6 Å². The van der Waals surface area contributed by atoms with Gasteiger partial charge in [-0.1, -0.05) is 6.07 Å². The van der Waals surface area contributed by atoms with E-state index < -0.39 is 48.8 Å². The summed E-state index contributed by atoms with van der Waals surface area (Å²) < 4.78 is 74.8. The number of esters is 1. The summed E-state index contributed by atoms with van der Waals surface area (Å²) in [4.78, 5) is 28.9. The van der Waals surface area contributed by atoms with Gasteiger partial charge in [-0.25, -0.2) is 13.8 Å². The van der Waals surface area contributed by atoms with E-state index in [1.165, 1.54) is 18.2 Å². The van der Waals surface area contributed by atoms with Gasteiger partial charge in [0, 0.05) is 24.1 Å². The van der Waals surface area contributed by atoms with E-state index in [0.717, 1.165) is 31.9 Å². The first kappa shape index (κ1) is 28.9. The molecule has 0 spiro atoms. The Bertz CT molecular complexity index is 1380. The number of halogens is 4. The number of carbonyl (C=O) groups excluding carboxylic acids is 2. The van der Waals surface area contributed by atoms with Gasteiger partial charge in [-0.3, -0.25) is 9.59 Å². The Morgan fingerprint density at radius 3 is 2.52 bits per heavy atom. The van der Waals surface area contributed by atoms with Crippen LogP contribution in [0, 0.1) is 17.6 Å². The summed E-state index contributed by atoms with van der Waals surface area (Å²) in [5.74, 6) is -3.20. The molecule has 3 N–H and O–H groups in total. The molecule has 3 aromatic rings. The molecule has 40 heavy (non-hydrogen) atoms. The molecule has 2 atom stereocenters. The maximum Gasteiger partial charge on any atom is 0.387 e. The summed E-state index contributed by atoms with van der Waals surface area (Å²) in [6.45, 7) is -0.521. The third kappa shape index (κ3) is 7.29. The lowest BCUT2D eigenvalue weighted by molar-refractivity contribution is -0.141. The Kier molecular flexibility index (Phi) is 8.93. The van der Waals surface area contributed by atoms with Gasteiger partial charge in [0.25, 0.3) is 5.91 Å². The first-order valence-electron chi connectivity index (χ1n) is 12.4. The SMILES string of the molecule is CC(=O)OC[C@H](NC(=O)c1nc(-c2ccc(OC(F)F)c(OCC3CC3)c2)oc1[C@H](C)N)c1ccc(F)cc1F. The average Bonchev–Trinajstić information content (AvgIpc) is 3.60. The van der Waals surface area contributed by atoms with Crippen LogP contribution in [0.5, 0.6) is 11.5 Å². The maximum absolute atomic E-state index is 14.5. The van der Waals surface area contributed by atoms with Crippen LogP contribution in [0.3, 0.4) is 0 Å². The number of oxazole rings is 1. The van der Waals surface area contributed by atoms with Crippen LogP contribution in [0.2, 0.25) is 0 Å². The number of nitrogens with zero attached hydrogens (tertiary/aromatic N) is 1. The summed E-state index contributed by atoms with van der Waals surface area (Å²) in [7, 11) is 0. The van der Waals surface area contributed by atoms with Crippen molar-refractivity contribution in [2.24, 2.45) is 11.7 Å². The fraction of sp³-hybridized carbons (Fsp3) is 0.370. The predicted octanol–water partition coefficient (Wildman–Crippen LogP) is 5.06. The first-order valence-corrected chi connectivity index (χ1v) is 12.4. The van der Waals surface area contributed by atoms with Crippen molar-refractivity contribution >= 4 is 11.9 Å². The molecule has 0 aliphatic heterocycles. The smallest absolute Gasteiger partial charge is 0.387 e. The number of amides is 1. The lowest BCUT2D eigenvalue weighted by Crippen LogP contribution is -2.33. The quantitative estimate of drug-likeness (QED) is 0.231. The fourth-order valence-electron chi connectivity index (χ4n) is 3.79. The maximum atomic E-state index is 14.5. The number of hydrogen-bond acceptors (Lipinski definition) is 8. The predicted molar refractivity (Wildman–Crippen MR) is 133 cm³/mol. The molecule has 0 unspecified atom stereocenters. The number of ether oxygens (including phenoxy) is 3. The zero-order valence-corrected chi connectivity index (χ0v) is 21.6. The molecule has 0 bridgehead atoms. The van der Waals surface area contributed by atoms with Gasteiger partial charge in [-0.05, 0) is 49.9 Å².